The van der Waals surface area contributed by atoms with Crippen LogP contribution in [0.25, 0.3) is 106 Å². The lowest BCUT2D eigenvalue weighted by atomic mass is 9.84. The Morgan fingerprint density at radius 1 is 0.544 bits per heavy atom. The van der Waals surface area contributed by atoms with E-state index in [1.807, 2.05) is 18.2 Å². The lowest BCUT2D eigenvalue weighted by molar-refractivity contribution is 1.14. The topological polar surface area (TPSA) is 17.8 Å². The Kier molecular flexibility index (Phi) is 9.38. The average Bonchev–Trinajstić information content (AvgIpc) is 3.65. The maximum Gasteiger partial charge on any atom is 0.145 e. The summed E-state index contributed by atoms with van der Waals surface area (Å²) >= 11 is 0. The molecule has 0 N–H and O–H groups in total. The number of aromatic nitrogens is 2. The summed E-state index contributed by atoms with van der Waals surface area (Å²) in [4.78, 5) is 5.12. The van der Waals surface area contributed by atoms with Gasteiger partial charge in [0.2, 0.25) is 0 Å². The van der Waals surface area contributed by atoms with Crippen molar-refractivity contribution in [2.45, 2.75) is 13.8 Å². The largest absolute Gasteiger partial charge is 0.293 e. The predicted molar refractivity (Wildman–Crippen MR) is 248 cm³/mol. The van der Waals surface area contributed by atoms with E-state index in [0.29, 0.717) is 0 Å². The molecule has 2 nitrogen and oxygen atoms in total. The maximum absolute atomic E-state index is 5.12. The van der Waals surface area contributed by atoms with Gasteiger partial charge in [-0.15, -0.1) is 0 Å². The highest BCUT2D eigenvalue weighted by Gasteiger charge is 2.19. The fourth-order valence-electron chi connectivity index (χ4n) is 8.32. The highest BCUT2D eigenvalue weighted by molar-refractivity contribution is 6.22. The third-order valence-electron chi connectivity index (χ3n) is 11.0. The van der Waals surface area contributed by atoms with Gasteiger partial charge in [0.1, 0.15) is 5.82 Å². The SMILES string of the molecule is C=C/C=C\C(=C/C)n1c(-c2ccc(-c3ccc4c(-c5ccc(C=C)c(/C=C\C)c5)c5ccccc5c(-c5ccc6ccccc6c5)c4c3)cc2)nc2ccccc21. The van der Waals surface area contributed by atoms with Crippen molar-refractivity contribution < 1.29 is 0 Å². The van der Waals surface area contributed by atoms with E-state index in [1.165, 1.54) is 54.6 Å². The fourth-order valence-corrected chi connectivity index (χ4v) is 8.32. The van der Waals surface area contributed by atoms with E-state index in [4.69, 9.17) is 4.98 Å². The third kappa shape index (κ3) is 6.32. The summed E-state index contributed by atoms with van der Waals surface area (Å²) in [5, 5.41) is 7.36. The summed E-state index contributed by atoms with van der Waals surface area (Å²) < 4.78 is 2.23. The van der Waals surface area contributed by atoms with Crippen LogP contribution in [0.5, 0.6) is 0 Å². The molecule has 0 radical (unpaired) electrons. The van der Waals surface area contributed by atoms with E-state index in [-0.39, 0.29) is 0 Å². The van der Waals surface area contributed by atoms with Crippen molar-refractivity contribution in [3.8, 4) is 44.8 Å². The van der Waals surface area contributed by atoms with Gasteiger partial charge in [-0.2, -0.15) is 0 Å². The monoisotopic (exact) mass is 730 g/mol. The van der Waals surface area contributed by atoms with Gasteiger partial charge < -0.3 is 0 Å². The molecule has 1 aromatic heterocycles. The quantitative estimate of drug-likeness (QED) is 0.107. The van der Waals surface area contributed by atoms with Crippen molar-refractivity contribution in [2.24, 2.45) is 0 Å². The molecule has 8 aromatic carbocycles. The van der Waals surface area contributed by atoms with Crippen molar-refractivity contribution in [1.82, 2.24) is 9.55 Å². The minimum Gasteiger partial charge on any atom is -0.293 e. The summed E-state index contributed by atoms with van der Waals surface area (Å²) in [6.07, 6.45) is 14.2. The molecule has 0 unspecified atom stereocenters. The molecule has 9 aromatic rings. The van der Waals surface area contributed by atoms with Crippen molar-refractivity contribution >= 4 is 61.2 Å². The minimum atomic E-state index is 0.900. The second kappa shape index (κ2) is 15.1. The van der Waals surface area contributed by atoms with Crippen LogP contribution in [0.2, 0.25) is 0 Å². The van der Waals surface area contributed by atoms with Gasteiger partial charge in [0.05, 0.1) is 11.0 Å². The Morgan fingerprint density at radius 2 is 1.18 bits per heavy atom. The second-order valence-corrected chi connectivity index (χ2v) is 14.3. The predicted octanol–water partition coefficient (Wildman–Crippen LogP) is 15.4. The standard InChI is InChI=1S/C55H42N2/c1-5-9-19-46(8-4)57-52-23-15-14-22-51(52)56-55(57)40-28-25-39(26-29-40)43-32-33-49-50(36-43)54(45-31-27-38-17-10-11-18-42(38)35-45)48-21-13-12-20-47(48)53(49)44-30-24-37(7-3)41(34-44)16-6-2/h5-36H,1,3H2,2,4H3/b16-6-,19-9-,46-8+. The zero-order chi connectivity index (χ0) is 38.9. The van der Waals surface area contributed by atoms with E-state index in [0.717, 1.165) is 50.4 Å². The van der Waals surface area contributed by atoms with Crippen LogP contribution in [0.15, 0.2) is 195 Å². The van der Waals surface area contributed by atoms with Crippen LogP contribution in [-0.2, 0) is 0 Å². The smallest absolute Gasteiger partial charge is 0.145 e. The number of fused-ring (bicyclic) bond motifs is 4. The second-order valence-electron chi connectivity index (χ2n) is 14.3. The third-order valence-corrected chi connectivity index (χ3v) is 11.0. The van der Waals surface area contributed by atoms with E-state index < -0.39 is 0 Å². The lowest BCUT2D eigenvalue weighted by Crippen LogP contribution is -1.98. The molecular weight excluding hydrogens is 689 g/mol. The van der Waals surface area contributed by atoms with Gasteiger partial charge in [0.25, 0.3) is 0 Å². The molecule has 2 heteroatoms. The molecular formula is C55H42N2. The van der Waals surface area contributed by atoms with Crippen molar-refractivity contribution in [3.05, 3.63) is 206 Å². The van der Waals surface area contributed by atoms with E-state index in [9.17, 15) is 0 Å². The average molecular weight is 731 g/mol. The number of hydrogen-bond acceptors (Lipinski definition) is 1. The number of para-hydroxylation sites is 2. The molecule has 0 fully saturated rings. The van der Waals surface area contributed by atoms with Gasteiger partial charge in [-0.1, -0.05) is 171 Å². The molecule has 0 amide bonds. The zero-order valence-corrected chi connectivity index (χ0v) is 32.3. The first-order chi connectivity index (χ1) is 28.1. The molecule has 9 rings (SSSR count). The van der Waals surface area contributed by atoms with Crippen LogP contribution in [0.4, 0.5) is 0 Å². The zero-order valence-electron chi connectivity index (χ0n) is 32.3. The molecule has 57 heavy (non-hydrogen) atoms. The van der Waals surface area contributed by atoms with Gasteiger partial charge in [-0.05, 0) is 127 Å². The molecule has 0 saturated carbocycles. The Bertz CT molecular complexity index is 3110. The first-order valence-electron chi connectivity index (χ1n) is 19.5. The Balaban J connectivity index is 1.26. The Hall–Kier alpha value is -7.29. The summed E-state index contributed by atoms with van der Waals surface area (Å²) in [7, 11) is 0. The van der Waals surface area contributed by atoms with E-state index in [1.54, 1.807) is 6.08 Å². The first kappa shape index (κ1) is 35.4. The van der Waals surface area contributed by atoms with Crippen molar-refractivity contribution in [2.75, 3.05) is 0 Å². The first-order valence-corrected chi connectivity index (χ1v) is 19.5. The van der Waals surface area contributed by atoms with Crippen molar-refractivity contribution in [3.63, 3.8) is 0 Å². The van der Waals surface area contributed by atoms with Crippen LogP contribution >= 0.6 is 0 Å². The normalized spacial score (nSPS) is 12.1. The molecule has 1 heterocycles. The molecule has 0 aliphatic carbocycles. The highest BCUT2D eigenvalue weighted by Crippen LogP contribution is 2.46. The van der Waals surface area contributed by atoms with Crippen LogP contribution in [-0.4, -0.2) is 9.55 Å². The molecule has 0 atom stereocenters. The van der Waals surface area contributed by atoms with Gasteiger partial charge >= 0.3 is 0 Å². The van der Waals surface area contributed by atoms with Crippen LogP contribution in [0.3, 0.4) is 0 Å². The van der Waals surface area contributed by atoms with E-state index in [2.05, 4.69) is 201 Å². The number of benzene rings is 8. The summed E-state index contributed by atoms with van der Waals surface area (Å²) in [5.41, 5.74) is 13.6. The maximum atomic E-state index is 5.12. The molecule has 0 aliphatic rings. The number of hydrogen-bond donors (Lipinski definition) is 0. The Labute approximate surface area is 334 Å². The number of rotatable bonds is 9. The van der Waals surface area contributed by atoms with Gasteiger partial charge in [0, 0.05) is 11.3 Å². The van der Waals surface area contributed by atoms with Gasteiger partial charge in [0.15, 0.2) is 0 Å². The molecule has 0 aliphatic heterocycles. The van der Waals surface area contributed by atoms with Crippen LogP contribution in [0.1, 0.15) is 25.0 Å². The summed E-state index contributed by atoms with van der Waals surface area (Å²) in [6.45, 7) is 12.1. The minimum absolute atomic E-state index is 0.900. The molecule has 0 spiro atoms. The number of imidazole rings is 1. The summed E-state index contributed by atoms with van der Waals surface area (Å²) in [6, 6.07) is 55.2. The number of nitrogens with zero attached hydrogens (tertiary/aromatic N) is 2. The number of allylic oxidation sites excluding steroid dienone is 6. The van der Waals surface area contributed by atoms with Gasteiger partial charge in [-0.25, -0.2) is 4.98 Å². The molecule has 0 saturated heterocycles. The summed E-state index contributed by atoms with van der Waals surface area (Å²) in [5.74, 6) is 0.900. The molecule has 272 valence electrons. The van der Waals surface area contributed by atoms with Crippen molar-refractivity contribution in [1.29, 1.82) is 0 Å². The van der Waals surface area contributed by atoms with E-state index >= 15 is 0 Å². The van der Waals surface area contributed by atoms with Crippen LogP contribution in [0, 0.1) is 0 Å². The van der Waals surface area contributed by atoms with Crippen LogP contribution < -0.4 is 0 Å². The fraction of sp³-hybridized carbons (Fsp3) is 0.0364. The highest BCUT2D eigenvalue weighted by atomic mass is 15.1. The molecule has 0 bridgehead atoms. The Morgan fingerprint density at radius 3 is 1.93 bits per heavy atom. The lowest BCUT2D eigenvalue weighted by Gasteiger charge is -2.19. The van der Waals surface area contributed by atoms with Gasteiger partial charge in [-0.3, -0.25) is 4.57 Å².